The molecular weight excluding hydrogens is 289 g/mol. The molecule has 0 heterocycles. The second-order valence-corrected chi connectivity index (χ2v) is 3.58. The van der Waals surface area contributed by atoms with Crippen LogP contribution < -0.4 is 0 Å². The monoisotopic (exact) mass is 292 g/mol. The number of benzene rings is 1. The van der Waals surface area contributed by atoms with E-state index in [0.29, 0.717) is 6.07 Å². The van der Waals surface area contributed by atoms with E-state index in [4.69, 9.17) is 16.9 Å². The lowest BCUT2D eigenvalue weighted by Crippen LogP contribution is -2.17. The third-order valence-electron chi connectivity index (χ3n) is 2.19. The van der Waals surface area contributed by atoms with Gasteiger partial charge in [-0.25, -0.2) is 0 Å². The topological polar surface area (TPSA) is 84.0 Å². The van der Waals surface area contributed by atoms with Gasteiger partial charge in [0.15, 0.2) is 5.78 Å². The Morgan fingerprint density at radius 2 is 2.05 bits per heavy atom. The second-order valence-electron chi connectivity index (χ2n) is 3.31. The standard InChI is InChI=1S/C10H4ClF3N2O3/c11-3-7(17)6-2-1-5(4-15)9(16(18)19)8(6)10(12,13)14/h1-2H,3H2. The molecule has 1 aromatic carbocycles. The van der Waals surface area contributed by atoms with E-state index in [1.54, 1.807) is 0 Å². The first-order chi connectivity index (χ1) is 8.73. The highest BCUT2D eigenvalue weighted by atomic mass is 35.5. The molecule has 0 fully saturated rings. The highest BCUT2D eigenvalue weighted by Crippen LogP contribution is 2.40. The number of nitriles is 1. The Bertz CT molecular complexity index is 593. The van der Waals surface area contributed by atoms with Crippen molar-refractivity contribution in [3.8, 4) is 6.07 Å². The third-order valence-corrected chi connectivity index (χ3v) is 2.43. The van der Waals surface area contributed by atoms with Crippen molar-refractivity contribution in [1.29, 1.82) is 5.26 Å². The van der Waals surface area contributed by atoms with Gasteiger partial charge in [0.25, 0.3) is 5.69 Å². The van der Waals surface area contributed by atoms with Crippen molar-refractivity contribution in [3.05, 3.63) is 38.9 Å². The molecule has 0 amide bonds. The average Bonchev–Trinajstić information content (AvgIpc) is 2.34. The number of alkyl halides is 4. The van der Waals surface area contributed by atoms with Gasteiger partial charge in [0, 0.05) is 5.56 Å². The quantitative estimate of drug-likeness (QED) is 0.371. The van der Waals surface area contributed by atoms with Crippen molar-refractivity contribution in [2.24, 2.45) is 0 Å². The Labute approximate surface area is 109 Å². The average molecular weight is 293 g/mol. The number of hydrogen-bond acceptors (Lipinski definition) is 4. The molecule has 0 saturated heterocycles. The van der Waals surface area contributed by atoms with Gasteiger partial charge in [-0.3, -0.25) is 14.9 Å². The minimum Gasteiger partial charge on any atom is -0.293 e. The van der Waals surface area contributed by atoms with Gasteiger partial charge in [-0.1, -0.05) is 0 Å². The van der Waals surface area contributed by atoms with E-state index >= 15 is 0 Å². The zero-order valence-electron chi connectivity index (χ0n) is 8.99. The van der Waals surface area contributed by atoms with Crippen LogP contribution in [0.4, 0.5) is 18.9 Å². The molecule has 0 bridgehead atoms. The SMILES string of the molecule is N#Cc1ccc(C(=O)CCl)c(C(F)(F)F)c1[N+](=O)[O-]. The maximum Gasteiger partial charge on any atom is 0.423 e. The molecule has 0 radical (unpaired) electrons. The second kappa shape index (κ2) is 5.24. The van der Waals surface area contributed by atoms with Crippen molar-refractivity contribution < 1.29 is 22.9 Å². The van der Waals surface area contributed by atoms with Gasteiger partial charge < -0.3 is 0 Å². The molecule has 1 aromatic rings. The smallest absolute Gasteiger partial charge is 0.293 e. The molecule has 0 N–H and O–H groups in total. The van der Waals surface area contributed by atoms with Crippen LogP contribution in [-0.4, -0.2) is 16.6 Å². The Kier molecular flexibility index (Phi) is 4.11. The summed E-state index contributed by atoms with van der Waals surface area (Å²) in [5.74, 6) is -1.87. The maximum absolute atomic E-state index is 12.9. The third kappa shape index (κ3) is 2.82. The fourth-order valence-electron chi connectivity index (χ4n) is 1.46. The summed E-state index contributed by atoms with van der Waals surface area (Å²) in [7, 11) is 0. The summed E-state index contributed by atoms with van der Waals surface area (Å²) in [5.41, 5.74) is -4.88. The summed E-state index contributed by atoms with van der Waals surface area (Å²) in [4.78, 5) is 20.7. The number of Topliss-reactive ketones (excluding diaryl/α,β-unsaturated/α-hetero) is 1. The minimum absolute atomic E-state index is 0.707. The van der Waals surface area contributed by atoms with E-state index in [1.807, 2.05) is 0 Å². The molecule has 0 unspecified atom stereocenters. The largest absolute Gasteiger partial charge is 0.423 e. The van der Waals surface area contributed by atoms with Crippen molar-refractivity contribution in [3.63, 3.8) is 0 Å². The first-order valence-corrected chi connectivity index (χ1v) is 5.15. The fraction of sp³-hybridized carbons (Fsp3) is 0.200. The molecule has 5 nitrogen and oxygen atoms in total. The molecule has 100 valence electrons. The number of carbonyl (C=O) groups is 1. The fourth-order valence-corrected chi connectivity index (χ4v) is 1.61. The van der Waals surface area contributed by atoms with Crippen molar-refractivity contribution in [1.82, 2.24) is 0 Å². The number of carbonyl (C=O) groups excluding carboxylic acids is 1. The number of hydrogen-bond donors (Lipinski definition) is 0. The van der Waals surface area contributed by atoms with Crippen LogP contribution >= 0.6 is 11.6 Å². The lowest BCUT2D eigenvalue weighted by Gasteiger charge is -2.12. The van der Waals surface area contributed by atoms with Crippen LogP contribution in [0.25, 0.3) is 0 Å². The van der Waals surface area contributed by atoms with Gasteiger partial charge in [-0.05, 0) is 12.1 Å². The highest BCUT2D eigenvalue weighted by molar-refractivity contribution is 6.30. The van der Waals surface area contributed by atoms with E-state index in [0.717, 1.165) is 6.07 Å². The van der Waals surface area contributed by atoms with Gasteiger partial charge in [0.1, 0.15) is 17.2 Å². The van der Waals surface area contributed by atoms with E-state index in [9.17, 15) is 28.1 Å². The minimum atomic E-state index is -5.15. The lowest BCUT2D eigenvalue weighted by atomic mass is 9.98. The number of nitro groups is 1. The molecule has 19 heavy (non-hydrogen) atoms. The number of nitro benzene ring substituents is 1. The summed E-state index contributed by atoms with van der Waals surface area (Å²) < 4.78 is 38.6. The van der Waals surface area contributed by atoms with Crippen LogP contribution in [0.15, 0.2) is 12.1 Å². The van der Waals surface area contributed by atoms with Gasteiger partial charge in [0.2, 0.25) is 0 Å². The molecule has 0 aliphatic carbocycles. The van der Waals surface area contributed by atoms with Crippen LogP contribution in [0.5, 0.6) is 0 Å². The van der Waals surface area contributed by atoms with E-state index in [2.05, 4.69) is 0 Å². The van der Waals surface area contributed by atoms with Crippen LogP contribution in [0.2, 0.25) is 0 Å². The first kappa shape index (κ1) is 14.9. The van der Waals surface area contributed by atoms with E-state index in [-0.39, 0.29) is 0 Å². The molecule has 1 rings (SSSR count). The van der Waals surface area contributed by atoms with Crippen LogP contribution in [-0.2, 0) is 6.18 Å². The molecule has 9 heteroatoms. The molecule has 0 aliphatic heterocycles. The Morgan fingerprint density at radius 3 is 2.42 bits per heavy atom. The molecule has 0 saturated carbocycles. The van der Waals surface area contributed by atoms with Gasteiger partial charge in [-0.15, -0.1) is 11.6 Å². The predicted molar refractivity (Wildman–Crippen MR) is 57.9 cm³/mol. The maximum atomic E-state index is 12.9. The first-order valence-electron chi connectivity index (χ1n) is 4.61. The Morgan fingerprint density at radius 1 is 1.47 bits per heavy atom. The highest BCUT2D eigenvalue weighted by Gasteiger charge is 2.43. The van der Waals surface area contributed by atoms with Crippen LogP contribution in [0.3, 0.4) is 0 Å². The van der Waals surface area contributed by atoms with Gasteiger partial charge >= 0.3 is 6.18 Å². The summed E-state index contributed by atoms with van der Waals surface area (Å²) in [6.45, 7) is 0. The van der Waals surface area contributed by atoms with Gasteiger partial charge in [0.05, 0.1) is 10.8 Å². The predicted octanol–water partition coefficient (Wildman–Crippen LogP) is 2.91. The Balaban J connectivity index is 3.81. The molecule has 0 aromatic heterocycles. The van der Waals surface area contributed by atoms with E-state index < -0.39 is 45.1 Å². The molecule has 0 spiro atoms. The van der Waals surface area contributed by atoms with Crippen LogP contribution in [0.1, 0.15) is 21.5 Å². The summed E-state index contributed by atoms with van der Waals surface area (Å²) in [6.07, 6.45) is -5.15. The molecule has 0 aliphatic rings. The van der Waals surface area contributed by atoms with Crippen molar-refractivity contribution in [2.45, 2.75) is 6.18 Å². The summed E-state index contributed by atoms with van der Waals surface area (Å²) in [6, 6.07) is 2.78. The lowest BCUT2D eigenvalue weighted by molar-refractivity contribution is -0.388. The van der Waals surface area contributed by atoms with E-state index in [1.165, 1.54) is 6.07 Å². The van der Waals surface area contributed by atoms with Crippen LogP contribution in [0, 0.1) is 21.4 Å². The summed E-state index contributed by atoms with van der Waals surface area (Å²) in [5, 5.41) is 19.3. The zero-order chi connectivity index (χ0) is 14.8. The zero-order valence-corrected chi connectivity index (χ0v) is 9.75. The molecular formula is C10H4ClF3N2O3. The number of rotatable bonds is 3. The normalized spacial score (nSPS) is 10.9. The summed E-state index contributed by atoms with van der Waals surface area (Å²) >= 11 is 5.16. The Hall–Kier alpha value is -2.14. The number of nitrogens with zero attached hydrogens (tertiary/aromatic N) is 2. The van der Waals surface area contributed by atoms with Crippen molar-refractivity contribution >= 4 is 23.1 Å². The number of halogens is 4. The van der Waals surface area contributed by atoms with Crippen molar-refractivity contribution in [2.75, 3.05) is 5.88 Å². The number of ketones is 1. The van der Waals surface area contributed by atoms with Gasteiger partial charge in [-0.2, -0.15) is 18.4 Å². The molecule has 0 atom stereocenters.